The van der Waals surface area contributed by atoms with Crippen LogP contribution in [0, 0.1) is 6.92 Å². The zero-order chi connectivity index (χ0) is 14.3. The van der Waals surface area contributed by atoms with Crippen LogP contribution in [0.15, 0.2) is 36.4 Å². The molecule has 2 N–H and O–H groups in total. The summed E-state index contributed by atoms with van der Waals surface area (Å²) in [6.07, 6.45) is 0. The molecule has 2 aromatic carbocycles. The maximum Gasteiger partial charge on any atom is 0.206 e. The van der Waals surface area contributed by atoms with Crippen molar-refractivity contribution < 1.29 is 4.74 Å². The number of halogens is 1. The zero-order valence-electron chi connectivity index (χ0n) is 11.2. The molecule has 3 rings (SSSR count). The molecular formula is C15H14ClN3O. The summed E-state index contributed by atoms with van der Waals surface area (Å²) >= 11 is 6.30. The third kappa shape index (κ3) is 1.89. The van der Waals surface area contributed by atoms with Gasteiger partial charge in [-0.3, -0.25) is 4.57 Å². The largest absolute Gasteiger partial charge is 0.495 e. The number of rotatable bonds is 2. The summed E-state index contributed by atoms with van der Waals surface area (Å²) in [7, 11) is 1.63. The van der Waals surface area contributed by atoms with E-state index in [4.69, 9.17) is 22.1 Å². The van der Waals surface area contributed by atoms with Gasteiger partial charge in [-0.25, -0.2) is 4.98 Å². The minimum absolute atomic E-state index is 0.386. The first kappa shape index (κ1) is 12.8. The third-order valence-electron chi connectivity index (χ3n) is 3.23. The van der Waals surface area contributed by atoms with E-state index < -0.39 is 0 Å². The van der Waals surface area contributed by atoms with Crippen molar-refractivity contribution in [3.05, 3.63) is 47.0 Å². The average Bonchev–Trinajstić information content (AvgIpc) is 2.76. The number of para-hydroxylation sites is 1. The molecule has 0 aliphatic rings. The summed E-state index contributed by atoms with van der Waals surface area (Å²) in [6, 6.07) is 11.5. The first-order chi connectivity index (χ1) is 9.61. The number of hydrogen-bond acceptors (Lipinski definition) is 3. The molecule has 0 aliphatic carbocycles. The number of fused-ring (bicyclic) bond motifs is 1. The number of nitrogens with two attached hydrogens (primary N) is 1. The highest BCUT2D eigenvalue weighted by molar-refractivity contribution is 6.35. The minimum atomic E-state index is 0.386. The van der Waals surface area contributed by atoms with Crippen LogP contribution in [0.25, 0.3) is 16.7 Å². The first-order valence-corrected chi connectivity index (χ1v) is 6.57. The smallest absolute Gasteiger partial charge is 0.206 e. The van der Waals surface area contributed by atoms with Crippen LogP contribution in [0.1, 0.15) is 5.56 Å². The van der Waals surface area contributed by atoms with Crippen molar-refractivity contribution in [3.8, 4) is 11.4 Å². The van der Waals surface area contributed by atoms with Crippen molar-refractivity contribution in [2.24, 2.45) is 0 Å². The van der Waals surface area contributed by atoms with Gasteiger partial charge in [0.15, 0.2) is 0 Å². The lowest BCUT2D eigenvalue weighted by Crippen LogP contribution is -2.03. The standard InChI is InChI=1S/C15H14ClN3O/c1-9-6-7-13(20-2)12(8-9)19-14-10(16)4-3-5-11(14)18-15(19)17/h3-8H,1-2H3,(H2,17,18). The normalized spacial score (nSPS) is 10.9. The Kier molecular flexibility index (Phi) is 3.03. The van der Waals surface area contributed by atoms with Gasteiger partial charge in [0, 0.05) is 0 Å². The number of ether oxygens (including phenoxy) is 1. The summed E-state index contributed by atoms with van der Waals surface area (Å²) < 4.78 is 7.24. The second-order valence-electron chi connectivity index (χ2n) is 4.59. The van der Waals surface area contributed by atoms with Crippen molar-refractivity contribution in [2.45, 2.75) is 6.92 Å². The lowest BCUT2D eigenvalue weighted by molar-refractivity contribution is 0.413. The molecule has 4 nitrogen and oxygen atoms in total. The molecule has 0 atom stereocenters. The predicted octanol–water partition coefficient (Wildman–Crippen LogP) is 3.58. The lowest BCUT2D eigenvalue weighted by Gasteiger charge is -2.13. The van der Waals surface area contributed by atoms with Gasteiger partial charge in [-0.05, 0) is 36.8 Å². The number of aryl methyl sites for hydroxylation is 1. The SMILES string of the molecule is COc1ccc(C)cc1-n1c(N)nc2cccc(Cl)c21. The average molecular weight is 288 g/mol. The number of aromatic nitrogens is 2. The van der Waals surface area contributed by atoms with Crippen molar-refractivity contribution in [1.82, 2.24) is 9.55 Å². The van der Waals surface area contributed by atoms with Gasteiger partial charge in [0.2, 0.25) is 5.95 Å². The van der Waals surface area contributed by atoms with E-state index in [9.17, 15) is 0 Å². The van der Waals surface area contributed by atoms with Crippen molar-refractivity contribution in [1.29, 1.82) is 0 Å². The van der Waals surface area contributed by atoms with Gasteiger partial charge in [-0.1, -0.05) is 23.7 Å². The predicted molar refractivity (Wildman–Crippen MR) is 81.8 cm³/mol. The Hall–Kier alpha value is -2.20. The maximum atomic E-state index is 6.30. The molecule has 1 heterocycles. The van der Waals surface area contributed by atoms with Crippen LogP contribution in [0.3, 0.4) is 0 Å². The van der Waals surface area contributed by atoms with Gasteiger partial charge in [0.05, 0.1) is 28.9 Å². The molecule has 0 aliphatic heterocycles. The van der Waals surface area contributed by atoms with Gasteiger partial charge in [-0.2, -0.15) is 0 Å². The van der Waals surface area contributed by atoms with E-state index in [1.54, 1.807) is 7.11 Å². The molecule has 102 valence electrons. The van der Waals surface area contributed by atoms with Crippen LogP contribution in [-0.4, -0.2) is 16.7 Å². The third-order valence-corrected chi connectivity index (χ3v) is 3.53. The Bertz CT molecular complexity index is 795. The summed E-state index contributed by atoms with van der Waals surface area (Å²) in [5.41, 5.74) is 9.56. The first-order valence-electron chi connectivity index (χ1n) is 6.19. The van der Waals surface area contributed by atoms with Crippen LogP contribution < -0.4 is 10.5 Å². The van der Waals surface area contributed by atoms with E-state index >= 15 is 0 Å². The summed E-state index contributed by atoms with van der Waals surface area (Å²) in [4.78, 5) is 4.36. The number of methoxy groups -OCH3 is 1. The van der Waals surface area contributed by atoms with Crippen LogP contribution in [-0.2, 0) is 0 Å². The van der Waals surface area contributed by atoms with Gasteiger partial charge in [-0.15, -0.1) is 0 Å². The molecule has 0 radical (unpaired) electrons. The zero-order valence-corrected chi connectivity index (χ0v) is 12.0. The molecule has 1 aromatic heterocycles. The lowest BCUT2D eigenvalue weighted by atomic mass is 10.2. The number of imidazole rings is 1. The van der Waals surface area contributed by atoms with Crippen LogP contribution in [0.4, 0.5) is 5.95 Å². The highest BCUT2D eigenvalue weighted by Gasteiger charge is 2.16. The number of hydrogen-bond donors (Lipinski definition) is 1. The second-order valence-corrected chi connectivity index (χ2v) is 5.00. The Morgan fingerprint density at radius 3 is 2.80 bits per heavy atom. The number of anilines is 1. The Morgan fingerprint density at radius 2 is 2.05 bits per heavy atom. The van der Waals surface area contributed by atoms with Crippen LogP contribution in [0.2, 0.25) is 5.02 Å². The fraction of sp³-hybridized carbons (Fsp3) is 0.133. The molecule has 0 unspecified atom stereocenters. The van der Waals surface area contributed by atoms with Gasteiger partial charge in [0.25, 0.3) is 0 Å². The van der Waals surface area contributed by atoms with Crippen LogP contribution >= 0.6 is 11.6 Å². The molecule has 5 heteroatoms. The molecule has 0 amide bonds. The van der Waals surface area contributed by atoms with E-state index in [2.05, 4.69) is 4.98 Å². The maximum absolute atomic E-state index is 6.30. The van der Waals surface area contributed by atoms with Gasteiger partial charge in [0.1, 0.15) is 5.75 Å². The fourth-order valence-corrected chi connectivity index (χ4v) is 2.58. The summed E-state index contributed by atoms with van der Waals surface area (Å²) in [6.45, 7) is 2.01. The summed E-state index contributed by atoms with van der Waals surface area (Å²) in [5, 5.41) is 0.607. The fourth-order valence-electron chi connectivity index (χ4n) is 2.32. The molecule has 0 saturated carbocycles. The number of benzene rings is 2. The molecule has 3 aromatic rings. The second kappa shape index (κ2) is 4.72. The molecule has 0 spiro atoms. The number of nitrogens with zero attached hydrogens (tertiary/aromatic N) is 2. The van der Waals surface area contributed by atoms with Crippen molar-refractivity contribution in [3.63, 3.8) is 0 Å². The quantitative estimate of drug-likeness (QED) is 0.784. The highest BCUT2D eigenvalue weighted by atomic mass is 35.5. The van der Waals surface area contributed by atoms with Crippen molar-refractivity contribution in [2.75, 3.05) is 12.8 Å². The number of nitrogen functional groups attached to an aromatic ring is 1. The van der Waals surface area contributed by atoms with Crippen LogP contribution in [0.5, 0.6) is 5.75 Å². The van der Waals surface area contributed by atoms with E-state index in [0.29, 0.717) is 11.0 Å². The van der Waals surface area contributed by atoms with Gasteiger partial charge < -0.3 is 10.5 Å². The molecule has 0 bridgehead atoms. The van der Waals surface area contributed by atoms with Gasteiger partial charge >= 0.3 is 0 Å². The topological polar surface area (TPSA) is 53.1 Å². The summed E-state index contributed by atoms with van der Waals surface area (Å²) in [5.74, 6) is 1.11. The Balaban J connectivity index is 2.40. The molecule has 0 saturated heterocycles. The van der Waals surface area contributed by atoms with Crippen molar-refractivity contribution >= 4 is 28.6 Å². The van der Waals surface area contributed by atoms with E-state index in [1.165, 1.54) is 0 Å². The monoisotopic (exact) mass is 287 g/mol. The molecular weight excluding hydrogens is 274 g/mol. The highest BCUT2D eigenvalue weighted by Crippen LogP contribution is 2.33. The minimum Gasteiger partial charge on any atom is -0.495 e. The molecule has 0 fully saturated rings. The molecule has 20 heavy (non-hydrogen) atoms. The van der Waals surface area contributed by atoms with E-state index in [0.717, 1.165) is 28.0 Å². The van der Waals surface area contributed by atoms with E-state index in [1.807, 2.05) is 47.9 Å². The Morgan fingerprint density at radius 1 is 1.25 bits per heavy atom. The Labute approximate surface area is 121 Å². The van der Waals surface area contributed by atoms with E-state index in [-0.39, 0.29) is 0 Å².